The SMILES string of the molecule is CCc1c[nH]c2ncc(-c3cccc(C(=O)N(C)C)c3)cc12. The lowest BCUT2D eigenvalue weighted by molar-refractivity contribution is 0.0827. The topological polar surface area (TPSA) is 49.0 Å². The summed E-state index contributed by atoms with van der Waals surface area (Å²) in [6.07, 6.45) is 4.81. The van der Waals surface area contributed by atoms with Crippen molar-refractivity contribution in [1.29, 1.82) is 0 Å². The fraction of sp³-hybridized carbons (Fsp3) is 0.222. The number of pyridine rings is 1. The van der Waals surface area contributed by atoms with Crippen LogP contribution in [-0.2, 0) is 6.42 Å². The summed E-state index contributed by atoms with van der Waals surface area (Å²) in [5, 5.41) is 1.14. The van der Waals surface area contributed by atoms with Crippen molar-refractivity contribution in [3.05, 3.63) is 53.9 Å². The van der Waals surface area contributed by atoms with Crippen LogP contribution in [0.5, 0.6) is 0 Å². The van der Waals surface area contributed by atoms with Gasteiger partial charge in [-0.3, -0.25) is 4.79 Å². The number of aromatic amines is 1. The highest BCUT2D eigenvalue weighted by molar-refractivity contribution is 5.95. The molecule has 0 aliphatic heterocycles. The van der Waals surface area contributed by atoms with Crippen molar-refractivity contribution in [2.45, 2.75) is 13.3 Å². The molecule has 0 unspecified atom stereocenters. The number of nitrogens with zero attached hydrogens (tertiary/aromatic N) is 2. The van der Waals surface area contributed by atoms with Crippen molar-refractivity contribution in [1.82, 2.24) is 14.9 Å². The first kappa shape index (κ1) is 14.3. The van der Waals surface area contributed by atoms with Crippen LogP contribution in [0.1, 0.15) is 22.8 Å². The Labute approximate surface area is 129 Å². The van der Waals surface area contributed by atoms with Gasteiger partial charge in [-0.15, -0.1) is 0 Å². The Morgan fingerprint density at radius 1 is 1.23 bits per heavy atom. The number of hydrogen-bond donors (Lipinski definition) is 1. The minimum absolute atomic E-state index is 0.00628. The van der Waals surface area contributed by atoms with E-state index in [-0.39, 0.29) is 5.91 Å². The van der Waals surface area contributed by atoms with E-state index in [0.29, 0.717) is 5.56 Å². The zero-order valence-electron chi connectivity index (χ0n) is 13.1. The van der Waals surface area contributed by atoms with Gasteiger partial charge >= 0.3 is 0 Å². The van der Waals surface area contributed by atoms with Crippen LogP contribution in [0.3, 0.4) is 0 Å². The zero-order chi connectivity index (χ0) is 15.7. The van der Waals surface area contributed by atoms with E-state index in [0.717, 1.165) is 28.6 Å². The van der Waals surface area contributed by atoms with Crippen molar-refractivity contribution in [3.8, 4) is 11.1 Å². The molecular weight excluding hydrogens is 274 g/mol. The molecule has 0 aliphatic rings. The summed E-state index contributed by atoms with van der Waals surface area (Å²) in [4.78, 5) is 21.4. The van der Waals surface area contributed by atoms with Gasteiger partial charge in [-0.1, -0.05) is 19.1 Å². The summed E-state index contributed by atoms with van der Waals surface area (Å²) in [5.74, 6) is 0.00628. The molecule has 0 saturated heterocycles. The average Bonchev–Trinajstić information content (AvgIpc) is 2.96. The molecule has 1 N–H and O–H groups in total. The Morgan fingerprint density at radius 2 is 2.05 bits per heavy atom. The average molecular weight is 293 g/mol. The number of amides is 1. The summed E-state index contributed by atoms with van der Waals surface area (Å²) in [7, 11) is 3.52. The van der Waals surface area contributed by atoms with Gasteiger partial charge in [-0.05, 0) is 35.7 Å². The third kappa shape index (κ3) is 2.48. The van der Waals surface area contributed by atoms with Gasteiger partial charge in [0.15, 0.2) is 0 Å². The molecule has 0 radical (unpaired) electrons. The van der Waals surface area contributed by atoms with Crippen molar-refractivity contribution in [2.24, 2.45) is 0 Å². The second kappa shape index (κ2) is 5.64. The van der Waals surface area contributed by atoms with Crippen LogP contribution in [0.2, 0.25) is 0 Å². The summed E-state index contributed by atoms with van der Waals surface area (Å²) in [6.45, 7) is 2.13. The number of H-pyrrole nitrogens is 1. The number of benzene rings is 1. The number of rotatable bonds is 3. The highest BCUT2D eigenvalue weighted by atomic mass is 16.2. The van der Waals surface area contributed by atoms with Gasteiger partial charge in [0, 0.05) is 43.0 Å². The van der Waals surface area contributed by atoms with E-state index < -0.39 is 0 Å². The Bertz CT molecular complexity index is 833. The minimum Gasteiger partial charge on any atom is -0.346 e. The van der Waals surface area contributed by atoms with Gasteiger partial charge in [0.05, 0.1) is 0 Å². The second-order valence-electron chi connectivity index (χ2n) is 5.57. The predicted molar refractivity (Wildman–Crippen MR) is 88.9 cm³/mol. The molecule has 2 aromatic heterocycles. The predicted octanol–water partition coefficient (Wildman–Crippen LogP) is 3.49. The maximum absolute atomic E-state index is 12.1. The number of aromatic nitrogens is 2. The van der Waals surface area contributed by atoms with E-state index in [1.165, 1.54) is 5.56 Å². The molecule has 4 nitrogen and oxygen atoms in total. The van der Waals surface area contributed by atoms with Crippen LogP contribution in [0.25, 0.3) is 22.2 Å². The van der Waals surface area contributed by atoms with E-state index >= 15 is 0 Å². The molecule has 3 rings (SSSR count). The molecule has 0 saturated carbocycles. The maximum atomic E-state index is 12.1. The number of hydrogen-bond acceptors (Lipinski definition) is 2. The molecule has 1 amide bonds. The molecule has 0 spiro atoms. The number of carbonyl (C=O) groups excluding carboxylic acids is 1. The summed E-state index contributed by atoms with van der Waals surface area (Å²) in [5.41, 5.74) is 4.87. The van der Waals surface area contributed by atoms with Gasteiger partial charge in [0.2, 0.25) is 0 Å². The maximum Gasteiger partial charge on any atom is 0.253 e. The van der Waals surface area contributed by atoms with E-state index in [2.05, 4.69) is 23.0 Å². The monoisotopic (exact) mass is 293 g/mol. The molecular formula is C18H19N3O. The van der Waals surface area contributed by atoms with Gasteiger partial charge in [-0.2, -0.15) is 0 Å². The van der Waals surface area contributed by atoms with Crippen LogP contribution >= 0.6 is 0 Å². The van der Waals surface area contributed by atoms with Gasteiger partial charge < -0.3 is 9.88 Å². The van der Waals surface area contributed by atoms with E-state index in [1.54, 1.807) is 19.0 Å². The molecule has 0 aliphatic carbocycles. The van der Waals surface area contributed by atoms with Crippen LogP contribution in [0.4, 0.5) is 0 Å². The second-order valence-corrected chi connectivity index (χ2v) is 5.57. The van der Waals surface area contributed by atoms with E-state index in [4.69, 9.17) is 0 Å². The molecule has 0 atom stereocenters. The molecule has 0 bridgehead atoms. The fourth-order valence-corrected chi connectivity index (χ4v) is 2.60. The third-order valence-corrected chi connectivity index (χ3v) is 3.85. The lowest BCUT2D eigenvalue weighted by Crippen LogP contribution is -2.21. The van der Waals surface area contributed by atoms with Crippen LogP contribution < -0.4 is 0 Å². The molecule has 2 heterocycles. The highest BCUT2D eigenvalue weighted by Gasteiger charge is 2.10. The normalized spacial score (nSPS) is 10.9. The van der Waals surface area contributed by atoms with Crippen LogP contribution in [0, 0.1) is 0 Å². The standard InChI is InChI=1S/C18H19N3O/c1-4-12-10-19-17-16(12)9-15(11-20-17)13-6-5-7-14(8-13)18(22)21(2)3/h5-11H,4H2,1-3H3,(H,19,20). The molecule has 0 fully saturated rings. The quantitative estimate of drug-likeness (QED) is 0.803. The van der Waals surface area contributed by atoms with E-state index in [1.807, 2.05) is 36.7 Å². The Hall–Kier alpha value is -2.62. The van der Waals surface area contributed by atoms with Gasteiger partial charge in [0.1, 0.15) is 5.65 Å². The smallest absolute Gasteiger partial charge is 0.253 e. The van der Waals surface area contributed by atoms with Crippen molar-refractivity contribution < 1.29 is 4.79 Å². The molecule has 3 aromatic rings. The number of carbonyl (C=O) groups is 1. The van der Waals surface area contributed by atoms with E-state index in [9.17, 15) is 4.79 Å². The van der Waals surface area contributed by atoms with Crippen molar-refractivity contribution in [2.75, 3.05) is 14.1 Å². The van der Waals surface area contributed by atoms with Crippen molar-refractivity contribution >= 4 is 16.9 Å². The van der Waals surface area contributed by atoms with Crippen molar-refractivity contribution in [3.63, 3.8) is 0 Å². The zero-order valence-corrected chi connectivity index (χ0v) is 13.1. The Kier molecular flexibility index (Phi) is 3.67. The van der Waals surface area contributed by atoms with Gasteiger partial charge in [-0.25, -0.2) is 4.98 Å². The number of nitrogens with one attached hydrogen (secondary N) is 1. The largest absolute Gasteiger partial charge is 0.346 e. The molecule has 4 heteroatoms. The summed E-state index contributed by atoms with van der Waals surface area (Å²) in [6, 6.07) is 9.81. The molecule has 22 heavy (non-hydrogen) atoms. The lowest BCUT2D eigenvalue weighted by atomic mass is 10.0. The Morgan fingerprint density at radius 3 is 2.77 bits per heavy atom. The third-order valence-electron chi connectivity index (χ3n) is 3.85. The number of fused-ring (bicyclic) bond motifs is 1. The number of aryl methyl sites for hydroxylation is 1. The first-order valence-corrected chi connectivity index (χ1v) is 7.38. The van der Waals surface area contributed by atoms with Gasteiger partial charge in [0.25, 0.3) is 5.91 Å². The molecule has 1 aromatic carbocycles. The Balaban J connectivity index is 2.07. The first-order valence-electron chi connectivity index (χ1n) is 7.38. The minimum atomic E-state index is 0.00628. The van der Waals surface area contributed by atoms with Crippen LogP contribution in [0.15, 0.2) is 42.7 Å². The molecule has 112 valence electrons. The fourth-order valence-electron chi connectivity index (χ4n) is 2.60. The summed E-state index contributed by atoms with van der Waals surface area (Å²) < 4.78 is 0. The van der Waals surface area contributed by atoms with Crippen LogP contribution in [-0.4, -0.2) is 34.9 Å². The highest BCUT2D eigenvalue weighted by Crippen LogP contribution is 2.25. The lowest BCUT2D eigenvalue weighted by Gasteiger charge is -2.11. The summed E-state index contributed by atoms with van der Waals surface area (Å²) >= 11 is 0. The first-order chi connectivity index (χ1) is 10.6.